The minimum atomic E-state index is 0.434. The molecule has 0 fully saturated rings. The molecule has 2 heteroatoms. The maximum atomic E-state index is 5.90. The fourth-order valence-electron chi connectivity index (χ4n) is 1.84. The van der Waals surface area contributed by atoms with Crippen LogP contribution in [-0.4, -0.2) is 6.54 Å². The Labute approximate surface area is 104 Å². The molecule has 0 aliphatic heterocycles. The normalized spacial score (nSPS) is 13.1. The van der Waals surface area contributed by atoms with Crippen LogP contribution in [0.1, 0.15) is 45.2 Å². The van der Waals surface area contributed by atoms with Gasteiger partial charge in [-0.05, 0) is 36.6 Å². The SMILES string of the molecule is CCCCNC(c1ccc(Cl)cc1)C(C)C. The van der Waals surface area contributed by atoms with Crippen LogP contribution in [0, 0.1) is 5.92 Å². The Kier molecular flexibility index (Phi) is 5.86. The molecule has 0 bridgehead atoms. The molecule has 1 nitrogen and oxygen atoms in total. The first kappa shape index (κ1) is 13.5. The molecule has 0 aliphatic carbocycles. The molecule has 0 heterocycles. The highest BCUT2D eigenvalue weighted by Gasteiger charge is 2.14. The summed E-state index contributed by atoms with van der Waals surface area (Å²) in [7, 11) is 0. The van der Waals surface area contributed by atoms with Gasteiger partial charge in [-0.3, -0.25) is 0 Å². The highest BCUT2D eigenvalue weighted by Crippen LogP contribution is 2.23. The second-order valence-electron chi connectivity index (χ2n) is 4.58. The van der Waals surface area contributed by atoms with E-state index in [2.05, 4.69) is 38.2 Å². The minimum Gasteiger partial charge on any atom is -0.310 e. The molecule has 0 saturated carbocycles. The first-order valence-electron chi connectivity index (χ1n) is 6.14. The van der Waals surface area contributed by atoms with Crippen LogP contribution in [-0.2, 0) is 0 Å². The zero-order valence-corrected chi connectivity index (χ0v) is 11.2. The Morgan fingerprint density at radius 1 is 1.19 bits per heavy atom. The van der Waals surface area contributed by atoms with Gasteiger partial charge >= 0.3 is 0 Å². The van der Waals surface area contributed by atoms with Gasteiger partial charge in [-0.1, -0.05) is 50.9 Å². The largest absolute Gasteiger partial charge is 0.310 e. The lowest BCUT2D eigenvalue weighted by atomic mass is 9.96. The quantitative estimate of drug-likeness (QED) is 0.725. The number of rotatable bonds is 6. The second-order valence-corrected chi connectivity index (χ2v) is 5.02. The molecule has 1 unspecified atom stereocenters. The van der Waals surface area contributed by atoms with Crippen molar-refractivity contribution in [3.63, 3.8) is 0 Å². The lowest BCUT2D eigenvalue weighted by molar-refractivity contribution is 0.408. The van der Waals surface area contributed by atoms with Gasteiger partial charge in [0.05, 0.1) is 0 Å². The van der Waals surface area contributed by atoms with Crippen LogP contribution < -0.4 is 5.32 Å². The highest BCUT2D eigenvalue weighted by molar-refractivity contribution is 6.30. The van der Waals surface area contributed by atoms with Gasteiger partial charge in [0.2, 0.25) is 0 Å². The zero-order chi connectivity index (χ0) is 12.0. The van der Waals surface area contributed by atoms with Crippen molar-refractivity contribution in [3.8, 4) is 0 Å². The molecule has 0 aromatic heterocycles. The van der Waals surface area contributed by atoms with Gasteiger partial charge in [0.25, 0.3) is 0 Å². The third-order valence-electron chi connectivity index (χ3n) is 2.79. The van der Waals surface area contributed by atoms with Gasteiger partial charge in [0.15, 0.2) is 0 Å². The van der Waals surface area contributed by atoms with E-state index in [4.69, 9.17) is 11.6 Å². The van der Waals surface area contributed by atoms with Crippen molar-refractivity contribution < 1.29 is 0 Å². The summed E-state index contributed by atoms with van der Waals surface area (Å²) in [6.45, 7) is 7.80. The predicted octanol–water partition coefficient (Wildman–Crippen LogP) is 4.43. The average molecular weight is 240 g/mol. The molecular formula is C14H22ClN. The summed E-state index contributed by atoms with van der Waals surface area (Å²) in [5.74, 6) is 0.595. The average Bonchev–Trinajstić information content (AvgIpc) is 2.26. The van der Waals surface area contributed by atoms with Crippen LogP contribution in [0.25, 0.3) is 0 Å². The number of halogens is 1. The molecule has 1 rings (SSSR count). The van der Waals surface area contributed by atoms with E-state index in [0.29, 0.717) is 12.0 Å². The van der Waals surface area contributed by atoms with E-state index in [1.807, 2.05) is 12.1 Å². The standard InChI is InChI=1S/C14H22ClN/c1-4-5-10-16-14(11(2)3)12-6-8-13(15)9-7-12/h6-9,11,14,16H,4-5,10H2,1-3H3. The molecule has 90 valence electrons. The Morgan fingerprint density at radius 2 is 1.81 bits per heavy atom. The molecular weight excluding hydrogens is 218 g/mol. The van der Waals surface area contributed by atoms with Gasteiger partial charge in [-0.25, -0.2) is 0 Å². The van der Waals surface area contributed by atoms with Gasteiger partial charge in [0.1, 0.15) is 0 Å². The molecule has 1 aromatic rings. The van der Waals surface area contributed by atoms with E-state index in [1.165, 1.54) is 18.4 Å². The molecule has 1 atom stereocenters. The molecule has 0 amide bonds. The van der Waals surface area contributed by atoms with Gasteiger partial charge < -0.3 is 5.32 Å². The number of nitrogens with one attached hydrogen (secondary N) is 1. The summed E-state index contributed by atoms with van der Waals surface area (Å²) in [5, 5.41) is 4.42. The molecule has 0 saturated heterocycles. The van der Waals surface area contributed by atoms with Crippen LogP contribution in [0.2, 0.25) is 5.02 Å². The highest BCUT2D eigenvalue weighted by atomic mass is 35.5. The maximum absolute atomic E-state index is 5.90. The van der Waals surface area contributed by atoms with Crippen molar-refractivity contribution >= 4 is 11.6 Å². The van der Waals surface area contributed by atoms with Crippen molar-refractivity contribution in [3.05, 3.63) is 34.9 Å². The summed E-state index contributed by atoms with van der Waals surface area (Å²) in [5.41, 5.74) is 1.33. The van der Waals surface area contributed by atoms with Crippen molar-refractivity contribution in [2.24, 2.45) is 5.92 Å². The lowest BCUT2D eigenvalue weighted by Crippen LogP contribution is -2.26. The second kappa shape index (κ2) is 6.93. The number of unbranched alkanes of at least 4 members (excludes halogenated alkanes) is 1. The molecule has 16 heavy (non-hydrogen) atoms. The number of hydrogen-bond donors (Lipinski definition) is 1. The van der Waals surface area contributed by atoms with Crippen LogP contribution in [0.15, 0.2) is 24.3 Å². The molecule has 1 aromatic carbocycles. The monoisotopic (exact) mass is 239 g/mol. The Hall–Kier alpha value is -0.530. The van der Waals surface area contributed by atoms with Gasteiger partial charge in [0, 0.05) is 11.1 Å². The van der Waals surface area contributed by atoms with Crippen molar-refractivity contribution in [1.82, 2.24) is 5.32 Å². The summed E-state index contributed by atoms with van der Waals surface area (Å²) in [4.78, 5) is 0. The summed E-state index contributed by atoms with van der Waals surface area (Å²) < 4.78 is 0. The Morgan fingerprint density at radius 3 is 2.31 bits per heavy atom. The number of benzene rings is 1. The first-order valence-corrected chi connectivity index (χ1v) is 6.51. The van der Waals surface area contributed by atoms with Crippen LogP contribution in [0.3, 0.4) is 0 Å². The van der Waals surface area contributed by atoms with E-state index in [-0.39, 0.29) is 0 Å². The molecule has 0 spiro atoms. The Balaban J connectivity index is 2.65. The third-order valence-corrected chi connectivity index (χ3v) is 3.04. The first-order chi connectivity index (χ1) is 7.65. The van der Waals surface area contributed by atoms with Crippen LogP contribution in [0.4, 0.5) is 0 Å². The van der Waals surface area contributed by atoms with E-state index in [1.54, 1.807) is 0 Å². The summed E-state index contributed by atoms with van der Waals surface area (Å²) >= 11 is 5.90. The van der Waals surface area contributed by atoms with Crippen LogP contribution in [0.5, 0.6) is 0 Å². The third kappa shape index (κ3) is 4.15. The van der Waals surface area contributed by atoms with Gasteiger partial charge in [-0.15, -0.1) is 0 Å². The zero-order valence-electron chi connectivity index (χ0n) is 10.5. The molecule has 0 radical (unpaired) electrons. The van der Waals surface area contributed by atoms with Crippen molar-refractivity contribution in [2.75, 3.05) is 6.54 Å². The lowest BCUT2D eigenvalue weighted by Gasteiger charge is -2.23. The van der Waals surface area contributed by atoms with E-state index in [9.17, 15) is 0 Å². The summed E-state index contributed by atoms with van der Waals surface area (Å²) in [6.07, 6.45) is 2.47. The number of hydrogen-bond acceptors (Lipinski definition) is 1. The van der Waals surface area contributed by atoms with Gasteiger partial charge in [-0.2, -0.15) is 0 Å². The van der Waals surface area contributed by atoms with E-state index in [0.717, 1.165) is 11.6 Å². The fourth-order valence-corrected chi connectivity index (χ4v) is 1.97. The van der Waals surface area contributed by atoms with Crippen LogP contribution >= 0.6 is 11.6 Å². The van der Waals surface area contributed by atoms with Crippen molar-refractivity contribution in [2.45, 2.75) is 39.7 Å². The smallest absolute Gasteiger partial charge is 0.0406 e. The van der Waals surface area contributed by atoms with E-state index >= 15 is 0 Å². The topological polar surface area (TPSA) is 12.0 Å². The molecule has 0 aliphatic rings. The van der Waals surface area contributed by atoms with Crippen molar-refractivity contribution in [1.29, 1.82) is 0 Å². The minimum absolute atomic E-state index is 0.434. The maximum Gasteiger partial charge on any atom is 0.0406 e. The molecule has 1 N–H and O–H groups in total. The Bertz CT molecular complexity index is 292. The predicted molar refractivity (Wildman–Crippen MR) is 71.9 cm³/mol. The summed E-state index contributed by atoms with van der Waals surface area (Å²) in [6, 6.07) is 8.60. The van der Waals surface area contributed by atoms with E-state index < -0.39 is 0 Å². The fraction of sp³-hybridized carbons (Fsp3) is 0.571.